The number of carboxylic acid groups (broad SMARTS) is 1. The first-order chi connectivity index (χ1) is 7.25. The predicted octanol–water partition coefficient (Wildman–Crippen LogP) is 1.44. The Kier molecular flexibility index (Phi) is 2.87. The molecule has 1 saturated heterocycles. The van der Waals surface area contributed by atoms with Crippen molar-refractivity contribution in [3.05, 3.63) is 29.8 Å². The molecule has 2 rings (SSSR count). The smallest absolute Gasteiger partial charge is 0.335 e. The standard InChI is InChI=1S/C11H13NO3/c13-11(14)9-2-1-3-10(4-9)12-5-8-6-15-7-8/h1-4,8,12H,5-7H2,(H,13,14). The summed E-state index contributed by atoms with van der Waals surface area (Å²) in [5, 5.41) is 12.0. The van der Waals surface area contributed by atoms with E-state index in [0.29, 0.717) is 11.5 Å². The highest BCUT2D eigenvalue weighted by atomic mass is 16.5. The van der Waals surface area contributed by atoms with Gasteiger partial charge < -0.3 is 15.2 Å². The maximum atomic E-state index is 10.7. The highest BCUT2D eigenvalue weighted by Crippen LogP contribution is 2.14. The van der Waals surface area contributed by atoms with Gasteiger partial charge in [0.2, 0.25) is 0 Å². The number of ether oxygens (including phenoxy) is 1. The topological polar surface area (TPSA) is 58.6 Å². The summed E-state index contributed by atoms with van der Waals surface area (Å²) in [6.45, 7) is 2.43. The fraction of sp³-hybridized carbons (Fsp3) is 0.364. The molecule has 80 valence electrons. The van der Waals surface area contributed by atoms with Crippen LogP contribution in [-0.2, 0) is 4.74 Å². The number of carbonyl (C=O) groups is 1. The van der Waals surface area contributed by atoms with Crippen LogP contribution in [0.5, 0.6) is 0 Å². The summed E-state index contributed by atoms with van der Waals surface area (Å²) >= 11 is 0. The molecule has 15 heavy (non-hydrogen) atoms. The van der Waals surface area contributed by atoms with Gasteiger partial charge in [0.15, 0.2) is 0 Å². The Morgan fingerprint density at radius 1 is 1.53 bits per heavy atom. The number of rotatable bonds is 4. The van der Waals surface area contributed by atoms with Crippen molar-refractivity contribution in [1.29, 1.82) is 0 Å². The molecular weight excluding hydrogens is 194 g/mol. The molecule has 1 aliphatic heterocycles. The zero-order valence-corrected chi connectivity index (χ0v) is 8.27. The lowest BCUT2D eigenvalue weighted by atomic mass is 10.1. The second kappa shape index (κ2) is 4.31. The van der Waals surface area contributed by atoms with Crippen LogP contribution in [0.15, 0.2) is 24.3 Å². The normalized spacial score (nSPS) is 15.7. The third-order valence-corrected chi connectivity index (χ3v) is 2.41. The molecule has 1 aromatic carbocycles. The number of benzene rings is 1. The van der Waals surface area contributed by atoms with E-state index in [9.17, 15) is 4.79 Å². The molecule has 0 spiro atoms. The van der Waals surface area contributed by atoms with E-state index in [0.717, 1.165) is 25.4 Å². The minimum absolute atomic E-state index is 0.310. The van der Waals surface area contributed by atoms with Gasteiger partial charge in [-0.15, -0.1) is 0 Å². The summed E-state index contributed by atoms with van der Waals surface area (Å²) in [5.41, 5.74) is 1.16. The Bertz CT molecular complexity index is 361. The quantitative estimate of drug-likeness (QED) is 0.784. The number of hydrogen-bond acceptors (Lipinski definition) is 3. The summed E-state index contributed by atoms with van der Waals surface area (Å²) < 4.78 is 5.05. The van der Waals surface area contributed by atoms with Gasteiger partial charge in [0.25, 0.3) is 0 Å². The Morgan fingerprint density at radius 2 is 2.33 bits per heavy atom. The number of carboxylic acids is 1. The summed E-state index contributed by atoms with van der Waals surface area (Å²) in [6, 6.07) is 6.83. The van der Waals surface area contributed by atoms with Crippen LogP contribution in [0.4, 0.5) is 5.69 Å². The fourth-order valence-corrected chi connectivity index (χ4v) is 1.43. The van der Waals surface area contributed by atoms with Crippen molar-refractivity contribution in [1.82, 2.24) is 0 Å². The molecule has 0 atom stereocenters. The molecule has 2 N–H and O–H groups in total. The van der Waals surface area contributed by atoms with Crippen molar-refractivity contribution in [2.45, 2.75) is 0 Å². The van der Waals surface area contributed by atoms with Crippen LogP contribution in [0, 0.1) is 5.92 Å². The van der Waals surface area contributed by atoms with Crippen molar-refractivity contribution < 1.29 is 14.6 Å². The Balaban J connectivity index is 1.94. The number of anilines is 1. The van der Waals surface area contributed by atoms with Gasteiger partial charge in [-0.1, -0.05) is 6.07 Å². The van der Waals surface area contributed by atoms with E-state index in [-0.39, 0.29) is 0 Å². The van der Waals surface area contributed by atoms with Crippen LogP contribution >= 0.6 is 0 Å². The van der Waals surface area contributed by atoms with E-state index in [1.807, 2.05) is 6.07 Å². The van der Waals surface area contributed by atoms with Crippen molar-refractivity contribution in [3.63, 3.8) is 0 Å². The molecule has 1 aliphatic rings. The third kappa shape index (κ3) is 2.47. The van der Waals surface area contributed by atoms with Gasteiger partial charge in [0.05, 0.1) is 18.8 Å². The Morgan fingerprint density at radius 3 is 2.93 bits per heavy atom. The fourth-order valence-electron chi connectivity index (χ4n) is 1.43. The zero-order chi connectivity index (χ0) is 10.7. The summed E-state index contributed by atoms with van der Waals surface area (Å²) in [5.74, 6) is -0.343. The molecule has 0 bridgehead atoms. The number of nitrogens with one attached hydrogen (secondary N) is 1. The van der Waals surface area contributed by atoms with Crippen LogP contribution in [0.2, 0.25) is 0 Å². The number of hydrogen-bond donors (Lipinski definition) is 2. The molecule has 1 aromatic rings. The van der Waals surface area contributed by atoms with E-state index in [4.69, 9.17) is 9.84 Å². The van der Waals surface area contributed by atoms with E-state index in [1.165, 1.54) is 0 Å². The van der Waals surface area contributed by atoms with E-state index >= 15 is 0 Å². The van der Waals surface area contributed by atoms with Crippen molar-refractivity contribution >= 4 is 11.7 Å². The zero-order valence-electron chi connectivity index (χ0n) is 8.27. The van der Waals surface area contributed by atoms with Gasteiger partial charge in [0, 0.05) is 18.2 Å². The molecule has 0 aliphatic carbocycles. The molecule has 4 heteroatoms. The summed E-state index contributed by atoms with van der Waals surface area (Å²) in [6.07, 6.45) is 0. The second-order valence-corrected chi connectivity index (χ2v) is 3.67. The van der Waals surface area contributed by atoms with Crippen LogP contribution < -0.4 is 5.32 Å². The highest BCUT2D eigenvalue weighted by Gasteiger charge is 2.17. The third-order valence-electron chi connectivity index (χ3n) is 2.41. The monoisotopic (exact) mass is 207 g/mol. The first-order valence-corrected chi connectivity index (χ1v) is 4.90. The average molecular weight is 207 g/mol. The van der Waals surface area contributed by atoms with Gasteiger partial charge in [-0.3, -0.25) is 0 Å². The van der Waals surface area contributed by atoms with Gasteiger partial charge in [-0.2, -0.15) is 0 Å². The largest absolute Gasteiger partial charge is 0.478 e. The second-order valence-electron chi connectivity index (χ2n) is 3.67. The Labute approximate surface area is 87.9 Å². The molecule has 0 aromatic heterocycles. The van der Waals surface area contributed by atoms with E-state index in [1.54, 1.807) is 18.2 Å². The van der Waals surface area contributed by atoms with Crippen LogP contribution in [0.1, 0.15) is 10.4 Å². The molecule has 1 heterocycles. The van der Waals surface area contributed by atoms with Crippen molar-refractivity contribution in [3.8, 4) is 0 Å². The SMILES string of the molecule is O=C(O)c1cccc(NCC2COC2)c1. The first-order valence-electron chi connectivity index (χ1n) is 4.90. The average Bonchev–Trinajstić information content (AvgIpc) is 2.16. The van der Waals surface area contributed by atoms with E-state index in [2.05, 4.69) is 5.32 Å². The lowest BCUT2D eigenvalue weighted by Gasteiger charge is -2.26. The van der Waals surface area contributed by atoms with Crippen LogP contribution in [0.25, 0.3) is 0 Å². The van der Waals surface area contributed by atoms with E-state index < -0.39 is 5.97 Å². The summed E-state index contributed by atoms with van der Waals surface area (Å²) in [4.78, 5) is 10.7. The minimum atomic E-state index is -0.898. The molecule has 0 unspecified atom stereocenters. The molecule has 0 amide bonds. The minimum Gasteiger partial charge on any atom is -0.478 e. The first kappa shape index (κ1) is 9.98. The molecule has 0 radical (unpaired) electrons. The van der Waals surface area contributed by atoms with Crippen molar-refractivity contribution in [2.24, 2.45) is 5.92 Å². The van der Waals surface area contributed by atoms with Gasteiger partial charge in [0.1, 0.15) is 0 Å². The maximum absolute atomic E-state index is 10.7. The lowest BCUT2D eigenvalue weighted by molar-refractivity contribution is -0.0248. The van der Waals surface area contributed by atoms with Crippen LogP contribution in [-0.4, -0.2) is 30.8 Å². The van der Waals surface area contributed by atoms with Crippen molar-refractivity contribution in [2.75, 3.05) is 25.1 Å². The van der Waals surface area contributed by atoms with Gasteiger partial charge >= 0.3 is 5.97 Å². The van der Waals surface area contributed by atoms with Gasteiger partial charge in [-0.25, -0.2) is 4.79 Å². The van der Waals surface area contributed by atoms with Gasteiger partial charge in [-0.05, 0) is 18.2 Å². The maximum Gasteiger partial charge on any atom is 0.335 e. The Hall–Kier alpha value is -1.55. The molecular formula is C11H13NO3. The molecule has 1 fully saturated rings. The number of aromatic carboxylic acids is 1. The predicted molar refractivity (Wildman–Crippen MR) is 56.2 cm³/mol. The molecule has 4 nitrogen and oxygen atoms in total. The lowest BCUT2D eigenvalue weighted by Crippen LogP contribution is -2.33. The van der Waals surface area contributed by atoms with Crippen LogP contribution in [0.3, 0.4) is 0 Å². The molecule has 0 saturated carbocycles. The highest BCUT2D eigenvalue weighted by molar-refractivity contribution is 5.88. The summed E-state index contributed by atoms with van der Waals surface area (Å²) in [7, 11) is 0.